The van der Waals surface area contributed by atoms with E-state index < -0.39 is 0 Å². The fourth-order valence-electron chi connectivity index (χ4n) is 0.906. The molecule has 0 aliphatic rings. The summed E-state index contributed by atoms with van der Waals surface area (Å²) in [6.45, 7) is 0.953. The number of benzene rings is 1. The van der Waals surface area contributed by atoms with Crippen molar-refractivity contribution in [2.75, 3.05) is 20.3 Å². The van der Waals surface area contributed by atoms with Crippen molar-refractivity contribution in [3.05, 3.63) is 24.0 Å². The molecule has 1 aromatic rings. The Hall–Kier alpha value is -1.03. The Labute approximate surface area is 78.1 Å². The van der Waals surface area contributed by atoms with Gasteiger partial charge in [-0.25, -0.2) is 4.39 Å². The largest absolute Gasteiger partial charge is 0.491 e. The molecule has 1 aromatic carbocycles. The van der Waals surface area contributed by atoms with Crippen molar-refractivity contribution in [2.24, 2.45) is 0 Å². The first-order valence-electron chi connectivity index (χ1n) is 4.12. The number of methoxy groups -OCH3 is 1. The molecule has 2 nitrogen and oxygen atoms in total. The highest BCUT2D eigenvalue weighted by Crippen LogP contribution is 2.09. The first-order chi connectivity index (χ1) is 6.24. The van der Waals surface area contributed by atoms with Crippen LogP contribution in [0, 0.1) is 5.82 Å². The van der Waals surface area contributed by atoms with Crippen LogP contribution in [-0.2, 0) is 4.74 Å². The Balaban J connectivity index is 2.53. The minimum absolute atomic E-state index is 0.241. The van der Waals surface area contributed by atoms with E-state index in [1.807, 2.05) is 0 Å². The molecule has 0 N–H and O–H groups in total. The molecule has 0 bridgehead atoms. The molecule has 0 unspecified atom stereocenters. The van der Waals surface area contributed by atoms with Crippen molar-refractivity contribution in [1.29, 1.82) is 0 Å². The zero-order valence-electron chi connectivity index (χ0n) is 7.84. The summed E-state index contributed by atoms with van der Waals surface area (Å²) < 4.78 is 23.0. The van der Waals surface area contributed by atoms with E-state index in [9.17, 15) is 4.39 Å². The monoisotopic (exact) mass is 182 g/mol. The molecule has 0 saturated carbocycles. The fourth-order valence-corrected chi connectivity index (χ4v) is 0.906. The zero-order chi connectivity index (χ0) is 9.68. The van der Waals surface area contributed by atoms with Crippen LogP contribution in [0.25, 0.3) is 0 Å². The minimum atomic E-state index is -0.241. The van der Waals surface area contributed by atoms with Crippen LogP contribution >= 0.6 is 0 Å². The molecule has 0 radical (unpaired) electrons. The molecule has 0 amide bonds. The topological polar surface area (TPSA) is 18.5 Å². The summed E-state index contributed by atoms with van der Waals surface area (Å²) in [5.41, 5.74) is 0.624. The van der Waals surface area contributed by atoms with Crippen molar-refractivity contribution in [3.63, 3.8) is 0 Å². The quantitative estimate of drug-likeness (QED) is 0.486. The lowest BCUT2D eigenvalue weighted by Gasteiger charge is -2.05. The Morgan fingerprint density at radius 3 is 2.77 bits per heavy atom. The second kappa shape index (κ2) is 4.87. The average molecular weight is 182 g/mol. The average Bonchev–Trinajstić information content (AvgIpc) is 2.12. The van der Waals surface area contributed by atoms with E-state index in [-0.39, 0.29) is 5.82 Å². The molecule has 0 aliphatic carbocycles. The molecule has 0 aliphatic heterocycles. The van der Waals surface area contributed by atoms with Crippen LogP contribution in [0.2, 0.25) is 0 Å². The van der Waals surface area contributed by atoms with Crippen molar-refractivity contribution in [1.82, 2.24) is 0 Å². The summed E-state index contributed by atoms with van der Waals surface area (Å²) in [5, 5.41) is 0. The Bertz CT molecular complexity index is 278. The molecular weight excluding hydrogens is 170 g/mol. The van der Waals surface area contributed by atoms with Gasteiger partial charge in [-0.05, 0) is 6.07 Å². The molecule has 0 spiro atoms. The summed E-state index contributed by atoms with van der Waals surface area (Å²) >= 11 is 0. The maximum absolute atomic E-state index is 13.0. The van der Waals surface area contributed by atoms with Gasteiger partial charge in [-0.1, -0.05) is 11.5 Å². The van der Waals surface area contributed by atoms with Crippen LogP contribution in [0.5, 0.6) is 5.75 Å². The van der Waals surface area contributed by atoms with Gasteiger partial charge in [-0.2, -0.15) is 0 Å². The number of hydrogen-bond acceptors (Lipinski definition) is 2. The van der Waals surface area contributed by atoms with Gasteiger partial charge in [-0.3, -0.25) is 0 Å². The smallest absolute Gasteiger partial charge is 0.143 e. The SMILES string of the molecule is Bc1ccc(OCCOC)cc1F. The van der Waals surface area contributed by atoms with Crippen LogP contribution in [0.1, 0.15) is 0 Å². The van der Waals surface area contributed by atoms with E-state index >= 15 is 0 Å². The van der Waals surface area contributed by atoms with Gasteiger partial charge in [0.05, 0.1) is 6.61 Å². The van der Waals surface area contributed by atoms with Gasteiger partial charge < -0.3 is 9.47 Å². The highest BCUT2D eigenvalue weighted by Gasteiger charge is 1.99. The van der Waals surface area contributed by atoms with Gasteiger partial charge in [0.2, 0.25) is 0 Å². The van der Waals surface area contributed by atoms with Crippen LogP contribution in [0.15, 0.2) is 18.2 Å². The summed E-state index contributed by atoms with van der Waals surface area (Å²) in [7, 11) is 3.31. The van der Waals surface area contributed by atoms with Gasteiger partial charge in [0.25, 0.3) is 0 Å². The third-order valence-electron chi connectivity index (χ3n) is 1.70. The minimum Gasteiger partial charge on any atom is -0.491 e. The van der Waals surface area contributed by atoms with Crippen LogP contribution in [-0.4, -0.2) is 28.2 Å². The molecule has 0 aromatic heterocycles. The third-order valence-corrected chi connectivity index (χ3v) is 1.70. The predicted molar refractivity (Wildman–Crippen MR) is 51.9 cm³/mol. The van der Waals surface area contributed by atoms with Gasteiger partial charge in [-0.15, -0.1) is 0 Å². The number of ether oxygens (including phenoxy) is 2. The van der Waals surface area contributed by atoms with E-state index in [4.69, 9.17) is 9.47 Å². The van der Waals surface area contributed by atoms with Crippen molar-refractivity contribution < 1.29 is 13.9 Å². The standard InChI is InChI=1S/C9H12BFO2/c1-12-4-5-13-7-2-3-8(10)9(11)6-7/h2-3,6H,4-5,10H2,1H3. The molecule has 70 valence electrons. The molecule has 1 rings (SSSR count). The number of halogens is 1. The maximum Gasteiger partial charge on any atom is 0.143 e. The van der Waals surface area contributed by atoms with E-state index in [1.165, 1.54) is 6.07 Å². The van der Waals surface area contributed by atoms with E-state index in [0.29, 0.717) is 24.4 Å². The van der Waals surface area contributed by atoms with Gasteiger partial charge in [0.15, 0.2) is 0 Å². The highest BCUT2D eigenvalue weighted by molar-refractivity contribution is 6.32. The first-order valence-corrected chi connectivity index (χ1v) is 4.12. The molecule has 4 heteroatoms. The van der Waals surface area contributed by atoms with E-state index in [2.05, 4.69) is 0 Å². The van der Waals surface area contributed by atoms with Gasteiger partial charge in [0.1, 0.15) is 26.0 Å². The van der Waals surface area contributed by atoms with Crippen LogP contribution < -0.4 is 10.2 Å². The lowest BCUT2D eigenvalue weighted by atomic mass is 9.96. The third kappa shape index (κ3) is 3.07. The molecular formula is C9H12BFO2. The zero-order valence-corrected chi connectivity index (χ0v) is 7.84. The van der Waals surface area contributed by atoms with E-state index in [0.717, 1.165) is 0 Å². The molecule has 0 atom stereocenters. The Morgan fingerprint density at radius 2 is 2.15 bits per heavy atom. The summed E-state index contributed by atoms with van der Waals surface area (Å²) in [6.07, 6.45) is 0. The van der Waals surface area contributed by atoms with Gasteiger partial charge >= 0.3 is 0 Å². The summed E-state index contributed by atoms with van der Waals surface area (Å²) in [4.78, 5) is 0. The molecule has 0 fully saturated rings. The second-order valence-corrected chi connectivity index (χ2v) is 2.75. The highest BCUT2D eigenvalue weighted by atomic mass is 19.1. The van der Waals surface area contributed by atoms with Crippen molar-refractivity contribution >= 4 is 13.3 Å². The second-order valence-electron chi connectivity index (χ2n) is 2.75. The molecule has 0 saturated heterocycles. The predicted octanol–water partition coefficient (Wildman–Crippen LogP) is 0.109. The Morgan fingerprint density at radius 1 is 1.38 bits per heavy atom. The lowest BCUT2D eigenvalue weighted by molar-refractivity contribution is 0.146. The number of rotatable bonds is 4. The van der Waals surface area contributed by atoms with Gasteiger partial charge in [0, 0.05) is 13.2 Å². The van der Waals surface area contributed by atoms with Crippen LogP contribution in [0.3, 0.4) is 0 Å². The van der Waals surface area contributed by atoms with Crippen molar-refractivity contribution in [3.8, 4) is 5.75 Å². The lowest BCUT2D eigenvalue weighted by Crippen LogP contribution is -2.09. The van der Waals surface area contributed by atoms with Crippen molar-refractivity contribution in [2.45, 2.75) is 0 Å². The summed E-state index contributed by atoms with van der Waals surface area (Å²) in [6, 6.07) is 4.82. The summed E-state index contributed by atoms with van der Waals surface area (Å²) in [5.74, 6) is 0.301. The van der Waals surface area contributed by atoms with Crippen LogP contribution in [0.4, 0.5) is 4.39 Å². The fraction of sp³-hybridized carbons (Fsp3) is 0.333. The normalized spacial score (nSPS) is 10.0. The Kier molecular flexibility index (Phi) is 3.77. The molecule has 13 heavy (non-hydrogen) atoms. The number of hydrogen-bond donors (Lipinski definition) is 0. The molecule has 0 heterocycles. The maximum atomic E-state index is 13.0. The first kappa shape index (κ1) is 10.1. The van der Waals surface area contributed by atoms with E-state index in [1.54, 1.807) is 27.1 Å².